The summed E-state index contributed by atoms with van der Waals surface area (Å²) >= 11 is 17.5. The minimum atomic E-state index is -1.07. The second-order valence-corrected chi connectivity index (χ2v) is 5.31. The topological polar surface area (TPSA) is 78.6 Å². The van der Waals surface area contributed by atoms with Crippen molar-refractivity contribution in [2.24, 2.45) is 5.73 Å². The maximum absolute atomic E-state index is 12.2. The van der Waals surface area contributed by atoms with Crippen LogP contribution in [0.5, 0.6) is 11.5 Å². The van der Waals surface area contributed by atoms with E-state index in [1.165, 1.54) is 36.4 Å². The van der Waals surface area contributed by atoms with E-state index in [9.17, 15) is 9.59 Å². The average Bonchev–Trinajstić information content (AvgIpc) is 2.43. The van der Waals surface area contributed by atoms with Gasteiger partial charge in [-0.25, -0.2) is 9.59 Å². The molecule has 0 aliphatic carbocycles. The summed E-state index contributed by atoms with van der Waals surface area (Å²) in [6.07, 6.45) is -1.07. The zero-order valence-electron chi connectivity index (χ0n) is 10.8. The SMILES string of the molecule is NC(=O)Oc1ccc(Cl)cc1C(=O)Oc1ccc(Cl)cc1Cl. The zero-order valence-corrected chi connectivity index (χ0v) is 13.1. The first-order chi connectivity index (χ1) is 10.4. The Kier molecular flexibility index (Phi) is 5.13. The van der Waals surface area contributed by atoms with Crippen molar-refractivity contribution in [1.82, 2.24) is 0 Å². The zero-order chi connectivity index (χ0) is 16.3. The van der Waals surface area contributed by atoms with Crippen molar-refractivity contribution in [2.75, 3.05) is 0 Å². The van der Waals surface area contributed by atoms with Gasteiger partial charge in [0.2, 0.25) is 0 Å². The Morgan fingerprint density at radius 1 is 0.864 bits per heavy atom. The molecule has 0 aromatic heterocycles. The molecule has 2 aromatic rings. The lowest BCUT2D eigenvalue weighted by Crippen LogP contribution is -2.19. The first-order valence-corrected chi connectivity index (χ1v) is 6.94. The Morgan fingerprint density at radius 2 is 1.45 bits per heavy atom. The summed E-state index contributed by atoms with van der Waals surface area (Å²) in [6.45, 7) is 0. The number of amides is 1. The van der Waals surface area contributed by atoms with E-state index in [4.69, 9.17) is 50.0 Å². The number of ether oxygens (including phenoxy) is 2. The molecule has 0 heterocycles. The van der Waals surface area contributed by atoms with Crippen LogP contribution in [0.4, 0.5) is 4.79 Å². The van der Waals surface area contributed by atoms with Crippen LogP contribution in [0.1, 0.15) is 10.4 Å². The van der Waals surface area contributed by atoms with Gasteiger partial charge in [0.15, 0.2) is 0 Å². The van der Waals surface area contributed by atoms with Crippen LogP contribution in [0.3, 0.4) is 0 Å². The van der Waals surface area contributed by atoms with E-state index < -0.39 is 12.1 Å². The van der Waals surface area contributed by atoms with Crippen molar-refractivity contribution < 1.29 is 19.1 Å². The first kappa shape index (κ1) is 16.4. The molecule has 2 aromatic carbocycles. The number of nitrogens with two attached hydrogens (primary N) is 1. The summed E-state index contributed by atoms with van der Waals surface area (Å²) in [5.74, 6) is -0.795. The largest absolute Gasteiger partial charge is 0.421 e. The van der Waals surface area contributed by atoms with Crippen LogP contribution >= 0.6 is 34.8 Å². The highest BCUT2D eigenvalue weighted by molar-refractivity contribution is 6.35. The van der Waals surface area contributed by atoms with E-state index in [2.05, 4.69) is 0 Å². The Hall–Kier alpha value is -1.95. The molecule has 0 aliphatic heterocycles. The van der Waals surface area contributed by atoms with Gasteiger partial charge in [0.1, 0.15) is 17.1 Å². The Labute approximate surface area is 140 Å². The molecule has 0 spiro atoms. The number of halogens is 3. The highest BCUT2D eigenvalue weighted by atomic mass is 35.5. The summed E-state index contributed by atoms with van der Waals surface area (Å²) in [5, 5.41) is 0.802. The van der Waals surface area contributed by atoms with E-state index in [1.807, 2.05) is 0 Å². The second kappa shape index (κ2) is 6.87. The van der Waals surface area contributed by atoms with Gasteiger partial charge in [-0.1, -0.05) is 34.8 Å². The van der Waals surface area contributed by atoms with E-state index in [0.29, 0.717) is 5.02 Å². The van der Waals surface area contributed by atoms with Gasteiger partial charge in [0, 0.05) is 10.0 Å². The fourth-order valence-corrected chi connectivity index (χ4v) is 2.19. The lowest BCUT2D eigenvalue weighted by molar-refractivity contribution is 0.0732. The third-order valence-electron chi connectivity index (χ3n) is 2.47. The predicted molar refractivity (Wildman–Crippen MR) is 83.1 cm³/mol. The quantitative estimate of drug-likeness (QED) is 0.653. The molecule has 2 N–H and O–H groups in total. The summed E-state index contributed by atoms with van der Waals surface area (Å²) in [5.41, 5.74) is 4.87. The fraction of sp³-hybridized carbons (Fsp3) is 0. The number of esters is 1. The second-order valence-electron chi connectivity index (χ2n) is 4.03. The van der Waals surface area contributed by atoms with Gasteiger partial charge in [0.05, 0.1) is 5.02 Å². The molecule has 2 rings (SSSR count). The molecule has 0 atom stereocenters. The van der Waals surface area contributed by atoms with Crippen molar-refractivity contribution >= 4 is 46.9 Å². The molecule has 22 heavy (non-hydrogen) atoms. The maximum Gasteiger partial charge on any atom is 0.409 e. The minimum absolute atomic E-state index is 0.0719. The van der Waals surface area contributed by atoms with Crippen LogP contribution in [-0.4, -0.2) is 12.1 Å². The van der Waals surface area contributed by atoms with Gasteiger partial charge in [-0.15, -0.1) is 0 Å². The van der Waals surface area contributed by atoms with Crippen LogP contribution in [0.25, 0.3) is 0 Å². The Bertz CT molecular complexity index is 749. The maximum atomic E-state index is 12.2. The molecule has 114 valence electrons. The van der Waals surface area contributed by atoms with Crippen LogP contribution in [0.2, 0.25) is 15.1 Å². The van der Waals surface area contributed by atoms with Gasteiger partial charge >= 0.3 is 12.1 Å². The molecular weight excluding hydrogens is 353 g/mol. The number of rotatable bonds is 3. The monoisotopic (exact) mass is 359 g/mol. The molecule has 0 saturated carbocycles. The normalized spacial score (nSPS) is 10.1. The van der Waals surface area contributed by atoms with Crippen molar-refractivity contribution in [3.8, 4) is 11.5 Å². The molecule has 0 saturated heterocycles. The third-order valence-corrected chi connectivity index (χ3v) is 3.23. The molecule has 0 unspecified atom stereocenters. The third kappa shape index (κ3) is 4.04. The van der Waals surface area contributed by atoms with Gasteiger partial charge < -0.3 is 15.2 Å². The van der Waals surface area contributed by atoms with Crippen molar-refractivity contribution in [1.29, 1.82) is 0 Å². The predicted octanol–water partition coefficient (Wildman–Crippen LogP) is 4.32. The molecule has 5 nitrogen and oxygen atoms in total. The number of hydrogen-bond donors (Lipinski definition) is 1. The van der Waals surface area contributed by atoms with E-state index >= 15 is 0 Å². The van der Waals surface area contributed by atoms with Crippen molar-refractivity contribution in [3.05, 3.63) is 57.0 Å². The van der Waals surface area contributed by atoms with Crippen LogP contribution in [0.15, 0.2) is 36.4 Å². The van der Waals surface area contributed by atoms with Crippen LogP contribution in [-0.2, 0) is 0 Å². The minimum Gasteiger partial charge on any atom is -0.421 e. The van der Waals surface area contributed by atoms with E-state index in [-0.39, 0.29) is 27.1 Å². The summed E-state index contributed by atoms with van der Waals surface area (Å²) in [6, 6.07) is 8.41. The van der Waals surface area contributed by atoms with Gasteiger partial charge in [-0.2, -0.15) is 0 Å². The molecule has 0 fully saturated rings. The molecule has 0 radical (unpaired) electrons. The Morgan fingerprint density at radius 3 is 2.05 bits per heavy atom. The van der Waals surface area contributed by atoms with Gasteiger partial charge in [0.25, 0.3) is 0 Å². The number of hydrogen-bond acceptors (Lipinski definition) is 4. The lowest BCUT2D eigenvalue weighted by Gasteiger charge is -2.10. The standard InChI is InChI=1S/C14H8Cl3NO4/c15-7-1-3-11(22-14(18)20)9(5-7)13(19)21-12-4-2-8(16)6-10(12)17/h1-6H,(H2,18,20). The highest BCUT2D eigenvalue weighted by Gasteiger charge is 2.18. The summed E-state index contributed by atoms with van der Waals surface area (Å²) < 4.78 is 9.88. The fourth-order valence-electron chi connectivity index (χ4n) is 1.57. The number of primary amides is 1. The smallest absolute Gasteiger partial charge is 0.409 e. The Balaban J connectivity index is 2.32. The molecule has 8 heteroatoms. The highest BCUT2D eigenvalue weighted by Crippen LogP contribution is 2.30. The van der Waals surface area contributed by atoms with Crippen molar-refractivity contribution in [2.45, 2.75) is 0 Å². The first-order valence-electron chi connectivity index (χ1n) is 5.81. The molecule has 1 amide bonds. The lowest BCUT2D eigenvalue weighted by atomic mass is 10.2. The van der Waals surface area contributed by atoms with Crippen LogP contribution < -0.4 is 15.2 Å². The van der Waals surface area contributed by atoms with Crippen molar-refractivity contribution in [3.63, 3.8) is 0 Å². The molecule has 0 bridgehead atoms. The molecular formula is C14H8Cl3NO4. The summed E-state index contributed by atoms with van der Waals surface area (Å²) in [7, 11) is 0. The number of carbonyl (C=O) groups is 2. The van der Waals surface area contributed by atoms with E-state index in [1.54, 1.807) is 0 Å². The van der Waals surface area contributed by atoms with Crippen LogP contribution in [0, 0.1) is 0 Å². The number of carbonyl (C=O) groups excluding carboxylic acids is 2. The van der Waals surface area contributed by atoms with Gasteiger partial charge in [-0.05, 0) is 36.4 Å². The summed E-state index contributed by atoms with van der Waals surface area (Å²) in [4.78, 5) is 23.1. The average molecular weight is 361 g/mol. The van der Waals surface area contributed by atoms with E-state index in [0.717, 1.165) is 0 Å². The van der Waals surface area contributed by atoms with Gasteiger partial charge in [-0.3, -0.25) is 0 Å². The molecule has 0 aliphatic rings. The number of benzene rings is 2.